The van der Waals surface area contributed by atoms with E-state index in [-0.39, 0.29) is 6.23 Å². The van der Waals surface area contributed by atoms with Gasteiger partial charge in [-0.15, -0.1) is 5.10 Å². The Morgan fingerprint density at radius 1 is 1.07 bits per heavy atom. The molecule has 6 nitrogen and oxygen atoms in total. The molecule has 2 heterocycles. The second-order valence-electron chi connectivity index (χ2n) is 6.83. The van der Waals surface area contributed by atoms with Crippen LogP contribution in [0.2, 0.25) is 0 Å². The van der Waals surface area contributed by atoms with E-state index in [9.17, 15) is 0 Å². The Morgan fingerprint density at radius 2 is 1.78 bits per heavy atom. The molecule has 1 aliphatic rings. The summed E-state index contributed by atoms with van der Waals surface area (Å²) in [6.45, 7) is 5.11. The van der Waals surface area contributed by atoms with Crippen LogP contribution in [0.5, 0.6) is 0 Å². The Bertz CT molecular complexity index is 940. The highest BCUT2D eigenvalue weighted by molar-refractivity contribution is 5.31. The lowest BCUT2D eigenvalue weighted by atomic mass is 10.1. The number of aromatic nitrogens is 3. The predicted molar refractivity (Wildman–Crippen MR) is 101 cm³/mol. The van der Waals surface area contributed by atoms with E-state index in [1.807, 2.05) is 35.1 Å². The van der Waals surface area contributed by atoms with Crippen LogP contribution in [0.1, 0.15) is 34.2 Å². The number of rotatable bonds is 5. The van der Waals surface area contributed by atoms with E-state index in [0.717, 1.165) is 24.3 Å². The largest absolute Gasteiger partial charge is 0.356 e. The molecule has 0 N–H and O–H groups in total. The predicted octanol–water partition coefficient (Wildman–Crippen LogP) is 3.04. The molecule has 1 fully saturated rings. The standard InChI is InChI=1S/C21H21N5O/c1-16-2-4-18(5-3-16)13-25-10-11-27-21(25)20-15-26(24-23-20)14-19-8-6-17(12-22)7-9-19/h2-9,15,21H,10-11,13-14H2,1H3/t21-/m1/s1. The molecule has 27 heavy (non-hydrogen) atoms. The molecule has 1 aromatic heterocycles. The fraction of sp³-hybridized carbons (Fsp3) is 0.286. The molecule has 0 radical (unpaired) electrons. The molecular formula is C21H21N5O. The van der Waals surface area contributed by atoms with Crippen molar-refractivity contribution in [3.8, 4) is 6.07 Å². The average molecular weight is 359 g/mol. The highest BCUT2D eigenvalue weighted by atomic mass is 16.5. The minimum Gasteiger partial charge on any atom is -0.356 e. The molecule has 3 aromatic rings. The van der Waals surface area contributed by atoms with Gasteiger partial charge in [-0.2, -0.15) is 5.26 Å². The zero-order valence-corrected chi connectivity index (χ0v) is 15.2. The number of nitriles is 1. The van der Waals surface area contributed by atoms with Crippen LogP contribution in [-0.2, 0) is 17.8 Å². The lowest BCUT2D eigenvalue weighted by Crippen LogP contribution is -2.23. The summed E-state index contributed by atoms with van der Waals surface area (Å²) in [5.41, 5.74) is 5.09. The molecule has 1 aliphatic heterocycles. The van der Waals surface area contributed by atoms with Crippen molar-refractivity contribution in [2.75, 3.05) is 13.2 Å². The van der Waals surface area contributed by atoms with E-state index in [1.165, 1.54) is 11.1 Å². The lowest BCUT2D eigenvalue weighted by Gasteiger charge is -2.21. The third-order valence-electron chi connectivity index (χ3n) is 4.73. The maximum absolute atomic E-state index is 8.89. The summed E-state index contributed by atoms with van der Waals surface area (Å²) in [6, 6.07) is 18.2. The minimum atomic E-state index is -0.166. The van der Waals surface area contributed by atoms with Gasteiger partial charge < -0.3 is 4.74 Å². The lowest BCUT2D eigenvalue weighted by molar-refractivity contribution is 0.0252. The monoisotopic (exact) mass is 359 g/mol. The SMILES string of the molecule is Cc1ccc(CN2CCO[C@@H]2c2cn(Cc3ccc(C#N)cc3)nn2)cc1. The minimum absolute atomic E-state index is 0.166. The first kappa shape index (κ1) is 17.4. The van der Waals surface area contributed by atoms with Crippen molar-refractivity contribution in [2.45, 2.75) is 26.2 Å². The summed E-state index contributed by atoms with van der Waals surface area (Å²) in [5, 5.41) is 17.5. The summed E-state index contributed by atoms with van der Waals surface area (Å²) >= 11 is 0. The molecule has 2 aromatic carbocycles. The molecule has 6 heteroatoms. The third kappa shape index (κ3) is 4.05. The van der Waals surface area contributed by atoms with E-state index >= 15 is 0 Å². The van der Waals surface area contributed by atoms with Crippen LogP contribution >= 0.6 is 0 Å². The highest BCUT2D eigenvalue weighted by Crippen LogP contribution is 2.27. The van der Waals surface area contributed by atoms with Crippen LogP contribution in [0, 0.1) is 18.3 Å². The van der Waals surface area contributed by atoms with Crippen LogP contribution in [0.15, 0.2) is 54.7 Å². The Labute approximate surface area is 158 Å². The number of ether oxygens (including phenoxy) is 1. The molecule has 0 aliphatic carbocycles. The number of nitrogens with zero attached hydrogens (tertiary/aromatic N) is 5. The first-order valence-corrected chi connectivity index (χ1v) is 9.01. The van der Waals surface area contributed by atoms with Crippen molar-refractivity contribution in [3.63, 3.8) is 0 Å². The Balaban J connectivity index is 1.44. The van der Waals surface area contributed by atoms with Gasteiger partial charge in [0.05, 0.1) is 31.0 Å². The summed E-state index contributed by atoms with van der Waals surface area (Å²) in [5.74, 6) is 0. The number of hydrogen-bond acceptors (Lipinski definition) is 5. The summed E-state index contributed by atoms with van der Waals surface area (Å²) < 4.78 is 7.72. The third-order valence-corrected chi connectivity index (χ3v) is 4.73. The number of benzene rings is 2. The van der Waals surface area contributed by atoms with Crippen molar-refractivity contribution >= 4 is 0 Å². The van der Waals surface area contributed by atoms with Crippen LogP contribution in [0.4, 0.5) is 0 Å². The maximum atomic E-state index is 8.89. The quantitative estimate of drug-likeness (QED) is 0.700. The normalized spacial score (nSPS) is 17.1. The van der Waals surface area contributed by atoms with Gasteiger partial charge in [0.15, 0.2) is 6.23 Å². The molecule has 0 bridgehead atoms. The van der Waals surface area contributed by atoms with Crippen LogP contribution in [0.3, 0.4) is 0 Å². The van der Waals surface area contributed by atoms with Crippen molar-refractivity contribution < 1.29 is 4.74 Å². The summed E-state index contributed by atoms with van der Waals surface area (Å²) in [4.78, 5) is 2.28. The second kappa shape index (κ2) is 7.70. The first-order valence-electron chi connectivity index (χ1n) is 9.01. The van der Waals surface area contributed by atoms with E-state index < -0.39 is 0 Å². The molecular weight excluding hydrogens is 338 g/mol. The zero-order chi connectivity index (χ0) is 18.6. The van der Waals surface area contributed by atoms with Gasteiger partial charge in [0.25, 0.3) is 0 Å². The van der Waals surface area contributed by atoms with Crippen LogP contribution in [-0.4, -0.2) is 33.0 Å². The van der Waals surface area contributed by atoms with Gasteiger partial charge in [-0.05, 0) is 30.2 Å². The maximum Gasteiger partial charge on any atom is 0.157 e. The van der Waals surface area contributed by atoms with Crippen molar-refractivity contribution in [1.82, 2.24) is 19.9 Å². The van der Waals surface area contributed by atoms with Gasteiger partial charge in [-0.25, -0.2) is 4.68 Å². The van der Waals surface area contributed by atoms with Gasteiger partial charge in [0, 0.05) is 13.1 Å². The van der Waals surface area contributed by atoms with Gasteiger partial charge >= 0.3 is 0 Å². The Morgan fingerprint density at radius 3 is 2.52 bits per heavy atom. The summed E-state index contributed by atoms with van der Waals surface area (Å²) in [7, 11) is 0. The molecule has 1 atom stereocenters. The number of aryl methyl sites for hydroxylation is 1. The van der Waals surface area contributed by atoms with Crippen molar-refractivity contribution in [2.24, 2.45) is 0 Å². The van der Waals surface area contributed by atoms with E-state index in [2.05, 4.69) is 52.5 Å². The number of hydrogen-bond donors (Lipinski definition) is 0. The highest BCUT2D eigenvalue weighted by Gasteiger charge is 2.29. The van der Waals surface area contributed by atoms with Crippen LogP contribution < -0.4 is 0 Å². The molecule has 0 saturated carbocycles. The molecule has 0 unspecified atom stereocenters. The van der Waals surface area contributed by atoms with Crippen LogP contribution in [0.25, 0.3) is 0 Å². The van der Waals surface area contributed by atoms with E-state index in [1.54, 1.807) is 0 Å². The molecule has 0 spiro atoms. The zero-order valence-electron chi connectivity index (χ0n) is 15.2. The van der Waals surface area contributed by atoms with Crippen molar-refractivity contribution in [1.29, 1.82) is 5.26 Å². The smallest absolute Gasteiger partial charge is 0.157 e. The van der Waals surface area contributed by atoms with Gasteiger partial charge in [0.1, 0.15) is 5.69 Å². The second-order valence-corrected chi connectivity index (χ2v) is 6.83. The topological polar surface area (TPSA) is 67.0 Å². The average Bonchev–Trinajstić information content (AvgIpc) is 3.33. The fourth-order valence-electron chi connectivity index (χ4n) is 3.24. The van der Waals surface area contributed by atoms with E-state index in [4.69, 9.17) is 10.00 Å². The first-order chi connectivity index (χ1) is 13.2. The fourth-order valence-corrected chi connectivity index (χ4v) is 3.24. The molecule has 4 rings (SSSR count). The summed E-state index contributed by atoms with van der Waals surface area (Å²) in [6.07, 6.45) is 1.78. The van der Waals surface area contributed by atoms with Gasteiger partial charge in [-0.3, -0.25) is 4.90 Å². The molecule has 136 valence electrons. The van der Waals surface area contributed by atoms with E-state index in [0.29, 0.717) is 18.7 Å². The Hall–Kier alpha value is -3.01. The van der Waals surface area contributed by atoms with Gasteiger partial charge in [-0.1, -0.05) is 47.2 Å². The van der Waals surface area contributed by atoms with Gasteiger partial charge in [0.2, 0.25) is 0 Å². The molecule has 1 saturated heterocycles. The molecule has 0 amide bonds. The van der Waals surface area contributed by atoms with Crippen molar-refractivity contribution in [3.05, 3.63) is 82.7 Å². The Kier molecular flexibility index (Phi) is 4.97.